The van der Waals surface area contributed by atoms with Crippen molar-refractivity contribution in [1.29, 1.82) is 0 Å². The van der Waals surface area contributed by atoms with E-state index in [9.17, 15) is 13.2 Å². The summed E-state index contributed by atoms with van der Waals surface area (Å²) in [6.45, 7) is 2.61. The Morgan fingerprint density at radius 3 is 2.41 bits per heavy atom. The molecule has 3 heterocycles. The van der Waals surface area contributed by atoms with Crippen LogP contribution in [0.25, 0.3) is 22.5 Å². The molecule has 0 saturated carbocycles. The third-order valence-electron chi connectivity index (χ3n) is 6.64. The van der Waals surface area contributed by atoms with Crippen molar-refractivity contribution in [1.82, 2.24) is 25.1 Å². The van der Waals surface area contributed by atoms with Crippen LogP contribution in [0.1, 0.15) is 29.8 Å². The number of hydrogen-bond donors (Lipinski definition) is 1. The Morgan fingerprint density at radius 1 is 0.854 bits per heavy atom. The number of nitrogens with zero attached hydrogens (tertiary/aromatic N) is 6. The van der Waals surface area contributed by atoms with Gasteiger partial charge in [-0.05, 0) is 48.9 Å². The first kappa shape index (κ1) is 27.7. The zero-order chi connectivity index (χ0) is 28.8. The number of benzene rings is 2. The van der Waals surface area contributed by atoms with Crippen LogP contribution in [0, 0.1) is 0 Å². The van der Waals surface area contributed by atoms with Crippen molar-refractivity contribution in [3.05, 3.63) is 114 Å². The molecule has 0 aliphatic rings. The topological polar surface area (TPSA) is 79.7 Å². The number of nitrogens with one attached hydrogen (secondary N) is 1. The predicted octanol–water partition coefficient (Wildman–Crippen LogP) is 6.87. The molecule has 10 heteroatoms. The van der Waals surface area contributed by atoms with E-state index in [2.05, 4.69) is 25.5 Å². The molecule has 0 radical (unpaired) electrons. The Balaban J connectivity index is 1.51. The van der Waals surface area contributed by atoms with Gasteiger partial charge in [0.05, 0.1) is 17.3 Å². The van der Waals surface area contributed by atoms with Gasteiger partial charge >= 0.3 is 6.18 Å². The third kappa shape index (κ3) is 6.84. The molecule has 0 fully saturated rings. The molecular weight excluding hydrogens is 527 g/mol. The van der Waals surface area contributed by atoms with Crippen LogP contribution in [0.3, 0.4) is 0 Å². The van der Waals surface area contributed by atoms with Gasteiger partial charge in [-0.3, -0.25) is 4.98 Å². The molecule has 0 unspecified atom stereocenters. The Morgan fingerprint density at radius 2 is 1.66 bits per heavy atom. The highest BCUT2D eigenvalue weighted by atomic mass is 19.4. The Labute approximate surface area is 236 Å². The lowest BCUT2D eigenvalue weighted by molar-refractivity contribution is -0.137. The Hall–Kier alpha value is -4.86. The summed E-state index contributed by atoms with van der Waals surface area (Å²) in [6, 6.07) is 24.1. The van der Waals surface area contributed by atoms with Crippen molar-refractivity contribution < 1.29 is 13.2 Å². The van der Waals surface area contributed by atoms with Crippen molar-refractivity contribution in [2.24, 2.45) is 0 Å². The molecule has 7 nitrogen and oxygen atoms in total. The highest BCUT2D eigenvalue weighted by Gasteiger charge is 2.31. The molecule has 5 aromatic rings. The molecule has 2 aromatic carbocycles. The highest BCUT2D eigenvalue weighted by Crippen LogP contribution is 2.36. The van der Waals surface area contributed by atoms with Crippen LogP contribution in [0.2, 0.25) is 0 Å². The molecule has 3 aromatic heterocycles. The minimum atomic E-state index is -4.49. The third-order valence-corrected chi connectivity index (χ3v) is 6.64. The van der Waals surface area contributed by atoms with Crippen LogP contribution in [0.5, 0.6) is 0 Å². The molecule has 1 atom stereocenters. The molecule has 0 spiro atoms. The van der Waals surface area contributed by atoms with E-state index in [0.717, 1.165) is 23.4 Å². The van der Waals surface area contributed by atoms with Crippen LogP contribution in [0.4, 0.5) is 24.9 Å². The smallest absolute Gasteiger partial charge is 0.358 e. The number of likely N-dealkylation sites (N-methyl/N-ethyl adjacent to an activating group) is 1. The monoisotopic (exact) mass is 555 g/mol. The summed E-state index contributed by atoms with van der Waals surface area (Å²) in [7, 11) is 1.88. The minimum Gasteiger partial charge on any atom is -0.358 e. The van der Waals surface area contributed by atoms with Crippen molar-refractivity contribution >= 4 is 11.8 Å². The first-order chi connectivity index (χ1) is 19.8. The fourth-order valence-electron chi connectivity index (χ4n) is 4.36. The minimum absolute atomic E-state index is 0.0711. The number of halogens is 3. The number of alkyl halides is 3. The van der Waals surface area contributed by atoms with Crippen LogP contribution in [-0.4, -0.2) is 38.7 Å². The summed E-state index contributed by atoms with van der Waals surface area (Å²) < 4.78 is 40.6. The van der Waals surface area contributed by atoms with E-state index >= 15 is 0 Å². The van der Waals surface area contributed by atoms with Gasteiger partial charge in [-0.2, -0.15) is 13.2 Å². The van der Waals surface area contributed by atoms with Crippen LogP contribution < -0.4 is 10.2 Å². The molecule has 5 rings (SSSR count). The number of aromatic nitrogens is 5. The van der Waals surface area contributed by atoms with Crippen LogP contribution in [-0.2, 0) is 12.6 Å². The fraction of sp³-hybridized carbons (Fsp3) is 0.194. The normalized spacial score (nSPS) is 12.1. The highest BCUT2D eigenvalue weighted by molar-refractivity contribution is 5.80. The van der Waals surface area contributed by atoms with E-state index in [0.29, 0.717) is 41.7 Å². The van der Waals surface area contributed by atoms with E-state index in [1.807, 2.05) is 67.4 Å². The van der Waals surface area contributed by atoms with Gasteiger partial charge in [0.1, 0.15) is 5.69 Å². The second-order valence-corrected chi connectivity index (χ2v) is 9.58. The van der Waals surface area contributed by atoms with E-state index in [-0.39, 0.29) is 11.6 Å². The summed E-state index contributed by atoms with van der Waals surface area (Å²) in [5.74, 6) is 0.938. The summed E-state index contributed by atoms with van der Waals surface area (Å²) in [6.07, 6.45) is -0.447. The first-order valence-electron chi connectivity index (χ1n) is 13.1. The lowest BCUT2D eigenvalue weighted by atomic mass is 10.0. The van der Waals surface area contributed by atoms with Gasteiger partial charge in [-0.25, -0.2) is 9.97 Å². The van der Waals surface area contributed by atoms with Gasteiger partial charge in [0.2, 0.25) is 5.95 Å². The summed E-state index contributed by atoms with van der Waals surface area (Å²) >= 11 is 0. The van der Waals surface area contributed by atoms with Gasteiger partial charge in [0.25, 0.3) is 0 Å². The van der Waals surface area contributed by atoms with Crippen LogP contribution in [0.15, 0.2) is 97.3 Å². The molecule has 0 bridgehead atoms. The number of anilines is 2. The standard InChI is InChI=1S/C31H28F3N7/c1-21(22-9-4-3-5-10-22)37-30-36-17-14-27(38-30)26-20-28(41(2)18-15-25-13-6-7-16-35-25)39-40-29(26)23-11-8-12-24(19-23)31(32,33)34/h3-14,16-17,19-21H,15,18H2,1-2H3,(H,36,37,38)/t21-/m0/s1. The number of hydrogen-bond acceptors (Lipinski definition) is 7. The summed E-state index contributed by atoms with van der Waals surface area (Å²) in [5, 5.41) is 12.1. The van der Waals surface area contributed by atoms with Crippen molar-refractivity contribution in [3.63, 3.8) is 0 Å². The Bertz CT molecular complexity index is 1600. The molecule has 0 aliphatic heterocycles. The van der Waals surface area contributed by atoms with E-state index in [1.165, 1.54) is 6.07 Å². The van der Waals surface area contributed by atoms with Gasteiger partial charge < -0.3 is 10.2 Å². The van der Waals surface area contributed by atoms with Crippen molar-refractivity contribution in [2.45, 2.75) is 25.6 Å². The molecule has 0 aliphatic carbocycles. The second-order valence-electron chi connectivity index (χ2n) is 9.58. The molecule has 41 heavy (non-hydrogen) atoms. The Kier molecular flexibility index (Phi) is 8.19. The molecule has 0 saturated heterocycles. The average Bonchev–Trinajstić information content (AvgIpc) is 3.00. The second kappa shape index (κ2) is 12.1. The van der Waals surface area contributed by atoms with Gasteiger partial charge in [0, 0.05) is 49.2 Å². The number of pyridine rings is 1. The fourth-order valence-corrected chi connectivity index (χ4v) is 4.36. The number of rotatable bonds is 9. The maximum Gasteiger partial charge on any atom is 0.416 e. The predicted molar refractivity (Wildman–Crippen MR) is 153 cm³/mol. The average molecular weight is 556 g/mol. The van der Waals surface area contributed by atoms with Gasteiger partial charge in [0.15, 0.2) is 5.82 Å². The lowest BCUT2D eigenvalue weighted by Gasteiger charge is -2.20. The maximum atomic E-state index is 13.5. The molecular formula is C31H28F3N7. The van der Waals surface area contributed by atoms with Gasteiger partial charge in [-0.1, -0.05) is 48.5 Å². The van der Waals surface area contributed by atoms with E-state index in [1.54, 1.807) is 30.6 Å². The maximum absolute atomic E-state index is 13.5. The van der Waals surface area contributed by atoms with E-state index < -0.39 is 11.7 Å². The van der Waals surface area contributed by atoms with Crippen LogP contribution >= 0.6 is 0 Å². The lowest BCUT2D eigenvalue weighted by Crippen LogP contribution is -2.22. The largest absolute Gasteiger partial charge is 0.416 e. The van der Waals surface area contributed by atoms with Crippen molar-refractivity contribution in [3.8, 4) is 22.5 Å². The van der Waals surface area contributed by atoms with E-state index in [4.69, 9.17) is 4.98 Å². The van der Waals surface area contributed by atoms with Crippen molar-refractivity contribution in [2.75, 3.05) is 23.8 Å². The molecule has 0 amide bonds. The first-order valence-corrected chi connectivity index (χ1v) is 13.1. The molecule has 208 valence electrons. The summed E-state index contributed by atoms with van der Waals surface area (Å²) in [5.41, 5.74) is 2.86. The molecule has 1 N–H and O–H groups in total. The van der Waals surface area contributed by atoms with Gasteiger partial charge in [-0.15, -0.1) is 10.2 Å². The zero-order valence-corrected chi connectivity index (χ0v) is 22.5. The summed E-state index contributed by atoms with van der Waals surface area (Å²) in [4.78, 5) is 15.4. The SMILES string of the molecule is C[C@H](Nc1nccc(-c2cc(N(C)CCc3ccccn3)nnc2-c2cccc(C(F)(F)F)c2)n1)c1ccccc1. The zero-order valence-electron chi connectivity index (χ0n) is 22.5. The quantitative estimate of drug-likeness (QED) is 0.213.